The van der Waals surface area contributed by atoms with Gasteiger partial charge in [0.15, 0.2) is 5.82 Å². The molecule has 2 aromatic rings. The largest absolute Gasteiger partial charge is 0.380 e. The first kappa shape index (κ1) is 11.9. The van der Waals surface area contributed by atoms with Gasteiger partial charge in [-0.25, -0.2) is 0 Å². The topological polar surface area (TPSA) is 79.4 Å². The maximum atomic E-state index is 5.86. The van der Waals surface area contributed by atoms with Crippen molar-refractivity contribution in [1.82, 2.24) is 10.2 Å². The van der Waals surface area contributed by atoms with Crippen LogP contribution < -0.4 is 5.73 Å². The number of nitrogens with one attached hydrogen (secondary N) is 1. The van der Waals surface area contributed by atoms with Crippen molar-refractivity contribution in [3.8, 4) is 0 Å². The lowest BCUT2D eigenvalue weighted by atomic mass is 10.3. The van der Waals surface area contributed by atoms with E-state index in [4.69, 9.17) is 28.9 Å². The van der Waals surface area contributed by atoms with E-state index in [1.54, 1.807) is 18.2 Å². The molecule has 3 N–H and O–H groups in total. The molecule has 0 bridgehead atoms. The number of nitrogen functional groups attached to an aromatic ring is 1. The highest BCUT2D eigenvalue weighted by Gasteiger charge is 2.05. The van der Waals surface area contributed by atoms with Gasteiger partial charge in [0.25, 0.3) is 0 Å². The Labute approximate surface area is 108 Å². The Hall–Kier alpha value is -1.59. The zero-order chi connectivity index (χ0) is 12.4. The SMILES string of the molecule is Cc1[nH]nc(N)c1N=Nc1ccc(Cl)c(Cl)c1. The van der Waals surface area contributed by atoms with Gasteiger partial charge in [-0.15, -0.1) is 5.11 Å². The van der Waals surface area contributed by atoms with Crippen LogP contribution in [-0.4, -0.2) is 10.2 Å². The molecule has 0 aliphatic rings. The van der Waals surface area contributed by atoms with Crippen LogP contribution in [-0.2, 0) is 0 Å². The van der Waals surface area contributed by atoms with Gasteiger partial charge in [0.05, 0.1) is 21.4 Å². The number of benzene rings is 1. The number of aryl methyl sites for hydroxylation is 1. The molecule has 17 heavy (non-hydrogen) atoms. The summed E-state index contributed by atoms with van der Waals surface area (Å²) in [6.07, 6.45) is 0. The van der Waals surface area contributed by atoms with Gasteiger partial charge in [-0.3, -0.25) is 5.10 Å². The molecule has 0 spiro atoms. The molecule has 0 saturated carbocycles. The van der Waals surface area contributed by atoms with E-state index in [-0.39, 0.29) is 0 Å². The fourth-order valence-corrected chi connectivity index (χ4v) is 1.52. The van der Waals surface area contributed by atoms with Crippen molar-refractivity contribution in [3.63, 3.8) is 0 Å². The number of aromatic nitrogens is 2. The molecule has 7 heteroatoms. The number of hydrogen-bond acceptors (Lipinski definition) is 4. The molecule has 0 fully saturated rings. The average Bonchev–Trinajstić information content (AvgIpc) is 2.61. The summed E-state index contributed by atoms with van der Waals surface area (Å²) >= 11 is 11.7. The molecule has 0 aliphatic heterocycles. The summed E-state index contributed by atoms with van der Waals surface area (Å²) in [5, 5.41) is 15.5. The van der Waals surface area contributed by atoms with Gasteiger partial charge < -0.3 is 5.73 Å². The van der Waals surface area contributed by atoms with Crippen LogP contribution >= 0.6 is 23.2 Å². The summed E-state index contributed by atoms with van der Waals surface area (Å²) in [7, 11) is 0. The van der Waals surface area contributed by atoms with Crippen LogP contribution in [0.1, 0.15) is 5.69 Å². The molecule has 5 nitrogen and oxygen atoms in total. The first-order chi connectivity index (χ1) is 8.08. The van der Waals surface area contributed by atoms with Gasteiger partial charge in [-0.05, 0) is 25.1 Å². The number of H-pyrrole nitrogens is 1. The van der Waals surface area contributed by atoms with E-state index in [1.807, 2.05) is 6.92 Å². The van der Waals surface area contributed by atoms with Crippen LogP contribution in [0.4, 0.5) is 17.2 Å². The summed E-state index contributed by atoms with van der Waals surface area (Å²) < 4.78 is 0. The number of hydrogen-bond donors (Lipinski definition) is 2. The second-order valence-electron chi connectivity index (χ2n) is 3.38. The third-order valence-corrected chi connectivity index (χ3v) is 2.85. The molecule has 0 aliphatic carbocycles. The lowest BCUT2D eigenvalue weighted by Gasteiger charge is -1.96. The highest BCUT2D eigenvalue weighted by atomic mass is 35.5. The van der Waals surface area contributed by atoms with Crippen LogP contribution in [0.3, 0.4) is 0 Å². The van der Waals surface area contributed by atoms with Gasteiger partial charge in [-0.2, -0.15) is 10.2 Å². The number of nitrogens with two attached hydrogens (primary N) is 1. The van der Waals surface area contributed by atoms with E-state index in [0.29, 0.717) is 27.2 Å². The average molecular weight is 270 g/mol. The highest BCUT2D eigenvalue weighted by Crippen LogP contribution is 2.29. The minimum absolute atomic E-state index is 0.311. The Kier molecular flexibility index (Phi) is 3.31. The van der Waals surface area contributed by atoms with E-state index in [2.05, 4.69) is 20.4 Å². The summed E-state index contributed by atoms with van der Waals surface area (Å²) in [6.45, 7) is 1.81. The van der Waals surface area contributed by atoms with Crippen molar-refractivity contribution >= 4 is 40.4 Å². The number of rotatable bonds is 2. The van der Waals surface area contributed by atoms with Crippen molar-refractivity contribution in [3.05, 3.63) is 33.9 Å². The molecule has 1 heterocycles. The van der Waals surface area contributed by atoms with Crippen LogP contribution in [0.15, 0.2) is 28.4 Å². The highest BCUT2D eigenvalue weighted by molar-refractivity contribution is 6.42. The zero-order valence-corrected chi connectivity index (χ0v) is 10.4. The molecule has 0 amide bonds. The second kappa shape index (κ2) is 4.73. The van der Waals surface area contributed by atoms with Crippen molar-refractivity contribution in [2.24, 2.45) is 10.2 Å². The molecule has 0 radical (unpaired) electrons. The molecule has 1 aromatic carbocycles. The molecule has 1 aromatic heterocycles. The van der Waals surface area contributed by atoms with Crippen molar-refractivity contribution < 1.29 is 0 Å². The lowest BCUT2D eigenvalue weighted by Crippen LogP contribution is -1.83. The van der Waals surface area contributed by atoms with Gasteiger partial charge in [0.1, 0.15) is 5.69 Å². The summed E-state index contributed by atoms with van der Waals surface area (Å²) in [5.41, 5.74) is 7.49. The van der Waals surface area contributed by atoms with Crippen molar-refractivity contribution in [2.75, 3.05) is 5.73 Å². The molecule has 0 atom stereocenters. The van der Waals surface area contributed by atoms with Crippen LogP contribution in [0.2, 0.25) is 10.0 Å². The number of aromatic amines is 1. The van der Waals surface area contributed by atoms with Gasteiger partial charge in [-0.1, -0.05) is 23.2 Å². The molecule has 88 valence electrons. The quantitative estimate of drug-likeness (QED) is 0.808. The number of nitrogens with zero attached hydrogens (tertiary/aromatic N) is 3. The van der Waals surface area contributed by atoms with Crippen LogP contribution in [0.5, 0.6) is 0 Å². The minimum Gasteiger partial charge on any atom is -0.380 e. The Bertz CT molecular complexity index is 557. The number of anilines is 1. The van der Waals surface area contributed by atoms with Gasteiger partial charge >= 0.3 is 0 Å². The van der Waals surface area contributed by atoms with Gasteiger partial charge in [0.2, 0.25) is 0 Å². The standard InChI is InChI=1S/C10H9Cl2N5/c1-5-9(10(13)17-14-5)16-15-6-2-3-7(11)8(12)4-6/h2-4H,1H3,(H3,13,14,17). The second-order valence-corrected chi connectivity index (χ2v) is 4.20. The smallest absolute Gasteiger partial charge is 0.173 e. The Morgan fingerprint density at radius 2 is 2.00 bits per heavy atom. The Balaban J connectivity index is 2.29. The molecular formula is C10H9Cl2N5. The molecule has 2 rings (SSSR count). The molecule has 0 saturated heterocycles. The zero-order valence-electron chi connectivity index (χ0n) is 8.91. The maximum absolute atomic E-state index is 5.86. The fourth-order valence-electron chi connectivity index (χ4n) is 1.22. The summed E-state index contributed by atoms with van der Waals surface area (Å²) in [6, 6.07) is 4.99. The first-order valence-corrected chi connectivity index (χ1v) is 5.51. The number of azo groups is 1. The van der Waals surface area contributed by atoms with E-state index in [9.17, 15) is 0 Å². The van der Waals surface area contributed by atoms with E-state index >= 15 is 0 Å². The number of halogens is 2. The maximum Gasteiger partial charge on any atom is 0.173 e. The van der Waals surface area contributed by atoms with E-state index < -0.39 is 0 Å². The predicted molar refractivity (Wildman–Crippen MR) is 68.4 cm³/mol. The van der Waals surface area contributed by atoms with Crippen LogP contribution in [0, 0.1) is 6.92 Å². The van der Waals surface area contributed by atoms with Crippen LogP contribution in [0.25, 0.3) is 0 Å². The Morgan fingerprint density at radius 3 is 2.59 bits per heavy atom. The third kappa shape index (κ3) is 2.57. The Morgan fingerprint density at radius 1 is 1.24 bits per heavy atom. The first-order valence-electron chi connectivity index (χ1n) is 4.75. The van der Waals surface area contributed by atoms with Crippen molar-refractivity contribution in [1.29, 1.82) is 0 Å². The van der Waals surface area contributed by atoms with Gasteiger partial charge in [0, 0.05) is 0 Å². The van der Waals surface area contributed by atoms with E-state index in [1.165, 1.54) is 0 Å². The summed E-state index contributed by atoms with van der Waals surface area (Å²) in [5.74, 6) is 0.311. The monoisotopic (exact) mass is 269 g/mol. The van der Waals surface area contributed by atoms with E-state index in [0.717, 1.165) is 5.69 Å². The third-order valence-electron chi connectivity index (χ3n) is 2.11. The normalized spacial score (nSPS) is 11.2. The predicted octanol–water partition coefficient (Wildman–Crippen LogP) is 4.02. The fraction of sp³-hybridized carbons (Fsp3) is 0.100. The molecule has 0 unspecified atom stereocenters. The lowest BCUT2D eigenvalue weighted by molar-refractivity contribution is 1.05. The van der Waals surface area contributed by atoms with Crippen molar-refractivity contribution in [2.45, 2.75) is 6.92 Å². The minimum atomic E-state index is 0.311. The summed E-state index contributed by atoms with van der Waals surface area (Å²) in [4.78, 5) is 0. The molecular weight excluding hydrogens is 261 g/mol.